The van der Waals surface area contributed by atoms with Gasteiger partial charge in [-0.25, -0.2) is 8.42 Å². The van der Waals surface area contributed by atoms with Gasteiger partial charge < -0.3 is 5.32 Å². The van der Waals surface area contributed by atoms with E-state index in [1.807, 2.05) is 18.2 Å². The van der Waals surface area contributed by atoms with Crippen molar-refractivity contribution in [1.29, 1.82) is 0 Å². The van der Waals surface area contributed by atoms with Gasteiger partial charge in [0.1, 0.15) is 9.84 Å². The predicted octanol–water partition coefficient (Wildman–Crippen LogP) is 1.73. The van der Waals surface area contributed by atoms with E-state index in [-0.39, 0.29) is 17.3 Å². The predicted molar refractivity (Wildman–Crippen MR) is 79.7 cm³/mol. The van der Waals surface area contributed by atoms with E-state index in [1.165, 1.54) is 11.1 Å². The first kappa shape index (κ1) is 15.2. The van der Waals surface area contributed by atoms with Crippen LogP contribution in [0.4, 0.5) is 0 Å². The molecular weight excluding hydrogens is 274 g/mol. The molecule has 1 N–H and O–H groups in total. The number of ketones is 1. The van der Waals surface area contributed by atoms with E-state index in [9.17, 15) is 13.2 Å². The number of Topliss-reactive ketones (excluding diaryl/α,β-unsaturated/α-hetero) is 1. The molecule has 0 saturated heterocycles. The van der Waals surface area contributed by atoms with Gasteiger partial charge in [-0.3, -0.25) is 4.79 Å². The molecule has 110 valence electrons. The summed E-state index contributed by atoms with van der Waals surface area (Å²) in [6.07, 6.45) is 1.70. The zero-order chi connectivity index (χ0) is 14.6. The summed E-state index contributed by atoms with van der Waals surface area (Å²) in [6, 6.07) is 5.82. The highest BCUT2D eigenvalue weighted by Crippen LogP contribution is 2.17. The Balaban J connectivity index is 1.96. The second kappa shape index (κ2) is 6.50. The molecule has 4 nitrogen and oxygen atoms in total. The molecule has 0 amide bonds. The Bertz CT molecular complexity index is 593. The van der Waals surface area contributed by atoms with E-state index in [0.717, 1.165) is 19.5 Å². The van der Waals surface area contributed by atoms with Gasteiger partial charge in [-0.05, 0) is 36.6 Å². The lowest BCUT2D eigenvalue weighted by Gasteiger charge is -2.17. The van der Waals surface area contributed by atoms with Crippen molar-refractivity contribution in [2.75, 3.05) is 18.1 Å². The van der Waals surface area contributed by atoms with Crippen molar-refractivity contribution in [2.45, 2.75) is 32.7 Å². The highest BCUT2D eigenvalue weighted by atomic mass is 32.2. The van der Waals surface area contributed by atoms with Crippen LogP contribution in [0.2, 0.25) is 0 Å². The highest BCUT2D eigenvalue weighted by molar-refractivity contribution is 7.91. The maximum atomic E-state index is 12.1. The van der Waals surface area contributed by atoms with Gasteiger partial charge in [0.15, 0.2) is 5.78 Å². The Morgan fingerprint density at radius 2 is 2.10 bits per heavy atom. The summed E-state index contributed by atoms with van der Waals surface area (Å²) in [5.41, 5.74) is 3.18. The van der Waals surface area contributed by atoms with Gasteiger partial charge in [-0.2, -0.15) is 0 Å². The second-order valence-electron chi connectivity index (χ2n) is 5.17. The number of rotatable bonds is 6. The van der Waals surface area contributed by atoms with E-state index in [1.54, 1.807) is 6.92 Å². The lowest BCUT2D eigenvalue weighted by atomic mass is 9.96. The number of nitrogens with one attached hydrogen (secondary N) is 1. The minimum atomic E-state index is -2.97. The molecule has 0 saturated carbocycles. The van der Waals surface area contributed by atoms with Crippen molar-refractivity contribution < 1.29 is 13.2 Å². The van der Waals surface area contributed by atoms with Gasteiger partial charge in [0.05, 0.1) is 5.75 Å². The summed E-state index contributed by atoms with van der Waals surface area (Å²) >= 11 is 0. The summed E-state index contributed by atoms with van der Waals surface area (Å²) < 4.78 is 22.8. The summed E-state index contributed by atoms with van der Waals surface area (Å²) in [4.78, 5) is 12.1. The standard InChI is InChI=1S/C15H21NO3S/c1-2-20(18,19)9-3-4-15(17)13-6-5-12-7-8-16-11-14(12)10-13/h5-6,10,16H,2-4,7-9,11H2,1H3. The summed E-state index contributed by atoms with van der Waals surface area (Å²) in [7, 11) is -2.97. The van der Waals surface area contributed by atoms with Gasteiger partial charge in [0.25, 0.3) is 0 Å². The molecule has 1 aliphatic rings. The summed E-state index contributed by atoms with van der Waals surface area (Å²) in [5.74, 6) is 0.276. The number of benzene rings is 1. The van der Waals surface area contributed by atoms with E-state index in [0.29, 0.717) is 18.4 Å². The fourth-order valence-electron chi connectivity index (χ4n) is 2.40. The molecule has 0 atom stereocenters. The van der Waals surface area contributed by atoms with Crippen molar-refractivity contribution in [3.63, 3.8) is 0 Å². The molecule has 0 bridgehead atoms. The molecule has 1 aromatic rings. The van der Waals surface area contributed by atoms with Gasteiger partial charge in [0, 0.05) is 24.3 Å². The quantitative estimate of drug-likeness (QED) is 0.812. The van der Waals surface area contributed by atoms with E-state index in [4.69, 9.17) is 0 Å². The van der Waals surface area contributed by atoms with E-state index < -0.39 is 9.84 Å². The average molecular weight is 295 g/mol. The lowest BCUT2D eigenvalue weighted by Crippen LogP contribution is -2.23. The zero-order valence-electron chi connectivity index (χ0n) is 11.8. The Morgan fingerprint density at radius 3 is 2.85 bits per heavy atom. The molecule has 2 rings (SSSR count). The first-order valence-electron chi connectivity index (χ1n) is 7.08. The van der Waals surface area contributed by atoms with Crippen LogP contribution in [0, 0.1) is 0 Å². The molecule has 1 aromatic carbocycles. The van der Waals surface area contributed by atoms with Crippen LogP contribution in [0.3, 0.4) is 0 Å². The smallest absolute Gasteiger partial charge is 0.162 e. The van der Waals surface area contributed by atoms with Crippen LogP contribution in [0.15, 0.2) is 18.2 Å². The molecule has 0 fully saturated rings. The molecule has 0 aliphatic carbocycles. The summed E-state index contributed by atoms with van der Waals surface area (Å²) in [6.45, 7) is 3.42. The normalized spacial score (nSPS) is 14.8. The highest BCUT2D eigenvalue weighted by Gasteiger charge is 2.14. The van der Waals surface area contributed by atoms with Crippen LogP contribution in [0.5, 0.6) is 0 Å². The number of hydrogen-bond donors (Lipinski definition) is 1. The van der Waals surface area contributed by atoms with E-state index >= 15 is 0 Å². The molecule has 1 aliphatic heterocycles. The van der Waals surface area contributed by atoms with Crippen molar-refractivity contribution in [3.8, 4) is 0 Å². The van der Waals surface area contributed by atoms with E-state index in [2.05, 4.69) is 5.32 Å². The van der Waals surface area contributed by atoms with Crippen molar-refractivity contribution >= 4 is 15.6 Å². The molecule has 20 heavy (non-hydrogen) atoms. The van der Waals surface area contributed by atoms with Crippen LogP contribution in [0.1, 0.15) is 41.3 Å². The number of carbonyl (C=O) groups is 1. The Morgan fingerprint density at radius 1 is 1.30 bits per heavy atom. The van der Waals surface area contributed by atoms with Crippen molar-refractivity contribution in [1.82, 2.24) is 5.32 Å². The molecule has 0 radical (unpaired) electrons. The molecule has 5 heteroatoms. The fraction of sp³-hybridized carbons (Fsp3) is 0.533. The van der Waals surface area contributed by atoms with Gasteiger partial charge >= 0.3 is 0 Å². The number of fused-ring (bicyclic) bond motifs is 1. The number of sulfone groups is 1. The molecular formula is C15H21NO3S. The van der Waals surface area contributed by atoms with Crippen LogP contribution in [-0.4, -0.2) is 32.3 Å². The van der Waals surface area contributed by atoms with Crippen molar-refractivity contribution in [3.05, 3.63) is 34.9 Å². The third kappa shape index (κ3) is 3.90. The maximum absolute atomic E-state index is 12.1. The van der Waals surface area contributed by atoms with Crippen LogP contribution >= 0.6 is 0 Å². The first-order valence-corrected chi connectivity index (χ1v) is 8.90. The second-order valence-corrected chi connectivity index (χ2v) is 7.65. The SMILES string of the molecule is CCS(=O)(=O)CCCC(=O)c1ccc2c(c1)CNCC2. The van der Waals surface area contributed by atoms with Gasteiger partial charge in [0.2, 0.25) is 0 Å². The average Bonchev–Trinajstić information content (AvgIpc) is 2.46. The Labute approximate surface area is 120 Å². The largest absolute Gasteiger partial charge is 0.312 e. The minimum Gasteiger partial charge on any atom is -0.312 e. The third-order valence-electron chi connectivity index (χ3n) is 3.71. The van der Waals surface area contributed by atoms with Gasteiger partial charge in [-0.15, -0.1) is 0 Å². The van der Waals surface area contributed by atoms with Crippen LogP contribution < -0.4 is 5.32 Å². The topological polar surface area (TPSA) is 63.2 Å². The molecule has 0 aromatic heterocycles. The lowest BCUT2D eigenvalue weighted by molar-refractivity contribution is 0.0982. The monoisotopic (exact) mass is 295 g/mol. The summed E-state index contributed by atoms with van der Waals surface area (Å²) in [5, 5.41) is 3.29. The molecule has 0 spiro atoms. The zero-order valence-corrected chi connectivity index (χ0v) is 12.6. The number of carbonyl (C=O) groups excluding carboxylic acids is 1. The fourth-order valence-corrected chi connectivity index (χ4v) is 3.27. The molecule has 0 unspecified atom stereocenters. The third-order valence-corrected chi connectivity index (χ3v) is 5.50. The Kier molecular flexibility index (Phi) is 4.94. The molecule has 1 heterocycles. The number of hydrogen-bond acceptors (Lipinski definition) is 4. The van der Waals surface area contributed by atoms with Crippen LogP contribution in [-0.2, 0) is 22.8 Å². The van der Waals surface area contributed by atoms with Crippen molar-refractivity contribution in [2.24, 2.45) is 0 Å². The Hall–Kier alpha value is -1.20. The maximum Gasteiger partial charge on any atom is 0.162 e. The minimum absolute atomic E-state index is 0.0321. The first-order chi connectivity index (χ1) is 9.52. The van der Waals surface area contributed by atoms with Gasteiger partial charge in [-0.1, -0.05) is 19.1 Å². The van der Waals surface area contributed by atoms with Crippen LogP contribution in [0.25, 0.3) is 0 Å².